The van der Waals surface area contributed by atoms with Gasteiger partial charge in [-0.05, 0) is 50.2 Å². The van der Waals surface area contributed by atoms with Crippen molar-refractivity contribution in [2.45, 2.75) is 30.6 Å². The molecule has 1 fully saturated rings. The lowest BCUT2D eigenvalue weighted by Crippen LogP contribution is -2.35. The van der Waals surface area contributed by atoms with Crippen molar-refractivity contribution in [3.05, 3.63) is 29.8 Å². The summed E-state index contributed by atoms with van der Waals surface area (Å²) >= 11 is 0. The van der Waals surface area contributed by atoms with E-state index >= 15 is 0 Å². The van der Waals surface area contributed by atoms with E-state index in [9.17, 15) is 13.2 Å². The third kappa shape index (κ3) is 5.10. The van der Waals surface area contributed by atoms with Crippen LogP contribution in [0.4, 0.5) is 0 Å². The summed E-state index contributed by atoms with van der Waals surface area (Å²) in [5.74, 6) is -0.158. The van der Waals surface area contributed by atoms with Gasteiger partial charge in [-0.25, -0.2) is 8.42 Å². The number of sulfone groups is 1. The molecule has 6 heteroatoms. The Labute approximate surface area is 132 Å². The number of benzene rings is 1. The molecule has 1 aromatic carbocycles. The molecule has 1 saturated heterocycles. The first-order valence-corrected chi connectivity index (χ1v) is 9.66. The van der Waals surface area contributed by atoms with E-state index in [0.29, 0.717) is 12.1 Å². The Hall–Kier alpha value is -1.40. The normalized spacial score (nSPS) is 17.0. The zero-order valence-corrected chi connectivity index (χ0v) is 13.9. The second kappa shape index (κ2) is 7.74. The predicted octanol–water partition coefficient (Wildman–Crippen LogP) is 1.70. The molecule has 0 unspecified atom stereocenters. The highest BCUT2D eigenvalue weighted by Crippen LogP contribution is 2.11. The molecule has 0 aromatic heterocycles. The fourth-order valence-electron chi connectivity index (χ4n) is 2.64. The molecule has 0 radical (unpaired) electrons. The van der Waals surface area contributed by atoms with Gasteiger partial charge in [0.25, 0.3) is 5.91 Å². The van der Waals surface area contributed by atoms with Crippen molar-refractivity contribution in [3.63, 3.8) is 0 Å². The Kier molecular flexibility index (Phi) is 5.97. The molecule has 1 amide bonds. The molecule has 0 saturated carbocycles. The monoisotopic (exact) mass is 324 g/mol. The Bertz CT molecular complexity index is 588. The molecule has 1 aliphatic heterocycles. The first-order chi connectivity index (χ1) is 10.5. The maximum atomic E-state index is 12.0. The third-order valence-corrected chi connectivity index (χ3v) is 5.09. The number of nitrogens with zero attached hydrogens (tertiary/aromatic N) is 1. The summed E-state index contributed by atoms with van der Waals surface area (Å²) in [6.07, 6.45) is 6.23. The van der Waals surface area contributed by atoms with E-state index in [2.05, 4.69) is 10.2 Å². The maximum absolute atomic E-state index is 12.0. The number of likely N-dealkylation sites (tertiary alicyclic amines) is 1. The molecular formula is C16H24N2O3S. The highest BCUT2D eigenvalue weighted by Gasteiger charge is 2.11. The molecule has 2 rings (SSSR count). The van der Waals surface area contributed by atoms with Crippen molar-refractivity contribution >= 4 is 15.7 Å². The SMILES string of the molecule is CS(=O)(=O)c1ccc(C(=O)NCCN2CCCCCC2)cc1. The molecule has 0 bridgehead atoms. The minimum absolute atomic E-state index is 0.158. The maximum Gasteiger partial charge on any atom is 0.251 e. The second-order valence-corrected chi connectivity index (χ2v) is 7.82. The molecule has 0 aliphatic carbocycles. The topological polar surface area (TPSA) is 66.5 Å². The van der Waals surface area contributed by atoms with Crippen molar-refractivity contribution in [3.8, 4) is 0 Å². The number of amides is 1. The van der Waals surface area contributed by atoms with Crippen molar-refractivity contribution < 1.29 is 13.2 Å². The van der Waals surface area contributed by atoms with Gasteiger partial charge in [-0.1, -0.05) is 12.8 Å². The predicted molar refractivity (Wildman–Crippen MR) is 86.8 cm³/mol. The van der Waals surface area contributed by atoms with Crippen LogP contribution in [0.2, 0.25) is 0 Å². The number of hydrogen-bond acceptors (Lipinski definition) is 4. The van der Waals surface area contributed by atoms with E-state index in [-0.39, 0.29) is 10.8 Å². The largest absolute Gasteiger partial charge is 0.351 e. The molecule has 122 valence electrons. The van der Waals surface area contributed by atoms with Crippen LogP contribution >= 0.6 is 0 Å². The average Bonchev–Trinajstić information content (AvgIpc) is 2.75. The minimum Gasteiger partial charge on any atom is -0.351 e. The first-order valence-electron chi connectivity index (χ1n) is 7.77. The zero-order chi connectivity index (χ0) is 16.0. The van der Waals surface area contributed by atoms with Gasteiger partial charge in [0.1, 0.15) is 0 Å². The second-order valence-electron chi connectivity index (χ2n) is 5.81. The van der Waals surface area contributed by atoms with E-state index in [0.717, 1.165) is 25.9 Å². The van der Waals surface area contributed by atoms with Crippen LogP contribution in [0.3, 0.4) is 0 Å². The van der Waals surface area contributed by atoms with Crippen LogP contribution in [0.15, 0.2) is 29.2 Å². The van der Waals surface area contributed by atoms with Crippen LogP contribution in [-0.4, -0.2) is 51.7 Å². The lowest BCUT2D eigenvalue weighted by atomic mass is 10.2. The van der Waals surface area contributed by atoms with Gasteiger partial charge in [-0.2, -0.15) is 0 Å². The van der Waals surface area contributed by atoms with Crippen LogP contribution in [0.5, 0.6) is 0 Å². The van der Waals surface area contributed by atoms with Gasteiger partial charge in [0.05, 0.1) is 4.90 Å². The quantitative estimate of drug-likeness (QED) is 0.895. The highest BCUT2D eigenvalue weighted by molar-refractivity contribution is 7.90. The van der Waals surface area contributed by atoms with Gasteiger partial charge in [-0.15, -0.1) is 0 Å². The number of rotatable bonds is 5. The summed E-state index contributed by atoms with van der Waals surface area (Å²) in [6.45, 7) is 3.71. The number of carbonyl (C=O) groups is 1. The van der Waals surface area contributed by atoms with Crippen molar-refractivity contribution in [2.24, 2.45) is 0 Å². The smallest absolute Gasteiger partial charge is 0.251 e. The number of hydrogen-bond donors (Lipinski definition) is 1. The van der Waals surface area contributed by atoms with Crippen LogP contribution in [0.25, 0.3) is 0 Å². The Morgan fingerprint density at radius 2 is 1.68 bits per heavy atom. The van der Waals surface area contributed by atoms with Gasteiger partial charge < -0.3 is 10.2 Å². The molecule has 1 aromatic rings. The Morgan fingerprint density at radius 3 is 2.23 bits per heavy atom. The highest BCUT2D eigenvalue weighted by atomic mass is 32.2. The Balaban J connectivity index is 1.82. The van der Waals surface area contributed by atoms with Crippen LogP contribution in [0.1, 0.15) is 36.0 Å². The summed E-state index contributed by atoms with van der Waals surface area (Å²) in [5.41, 5.74) is 0.489. The lowest BCUT2D eigenvalue weighted by molar-refractivity contribution is 0.0948. The van der Waals surface area contributed by atoms with Crippen LogP contribution in [0, 0.1) is 0 Å². The van der Waals surface area contributed by atoms with Crippen molar-refractivity contribution in [2.75, 3.05) is 32.4 Å². The summed E-state index contributed by atoms with van der Waals surface area (Å²) in [7, 11) is -3.22. The molecule has 1 aliphatic rings. The van der Waals surface area contributed by atoms with Crippen molar-refractivity contribution in [1.82, 2.24) is 10.2 Å². The van der Waals surface area contributed by atoms with E-state index in [1.807, 2.05) is 0 Å². The molecule has 1 heterocycles. The van der Waals surface area contributed by atoms with Crippen LogP contribution < -0.4 is 5.32 Å². The van der Waals surface area contributed by atoms with Crippen LogP contribution in [-0.2, 0) is 9.84 Å². The van der Waals surface area contributed by atoms with E-state index in [1.165, 1.54) is 37.8 Å². The molecule has 22 heavy (non-hydrogen) atoms. The molecule has 0 spiro atoms. The summed E-state index contributed by atoms with van der Waals surface area (Å²) in [4.78, 5) is 14.7. The van der Waals surface area contributed by atoms with Gasteiger partial charge in [0.15, 0.2) is 9.84 Å². The zero-order valence-electron chi connectivity index (χ0n) is 13.0. The van der Waals surface area contributed by atoms with Gasteiger partial charge in [0, 0.05) is 24.9 Å². The number of nitrogens with one attached hydrogen (secondary N) is 1. The molecule has 5 nitrogen and oxygen atoms in total. The van der Waals surface area contributed by atoms with Gasteiger partial charge >= 0.3 is 0 Å². The lowest BCUT2D eigenvalue weighted by Gasteiger charge is -2.19. The summed E-state index contributed by atoms with van der Waals surface area (Å²) < 4.78 is 22.8. The Morgan fingerprint density at radius 1 is 1.09 bits per heavy atom. The van der Waals surface area contributed by atoms with Gasteiger partial charge in [-0.3, -0.25) is 4.79 Å². The fourth-order valence-corrected chi connectivity index (χ4v) is 3.27. The molecule has 0 atom stereocenters. The van der Waals surface area contributed by atoms with Crippen molar-refractivity contribution in [1.29, 1.82) is 0 Å². The third-order valence-electron chi connectivity index (χ3n) is 3.96. The van der Waals surface area contributed by atoms with E-state index in [1.54, 1.807) is 12.1 Å². The number of carbonyl (C=O) groups excluding carboxylic acids is 1. The van der Waals surface area contributed by atoms with Gasteiger partial charge in [0.2, 0.25) is 0 Å². The fraction of sp³-hybridized carbons (Fsp3) is 0.562. The average molecular weight is 324 g/mol. The molecular weight excluding hydrogens is 300 g/mol. The summed E-state index contributed by atoms with van der Waals surface area (Å²) in [6, 6.07) is 6.05. The van der Waals surface area contributed by atoms with E-state index in [4.69, 9.17) is 0 Å². The first kappa shape index (κ1) is 17.0. The minimum atomic E-state index is -3.22. The van der Waals surface area contributed by atoms with E-state index < -0.39 is 9.84 Å². The standard InChI is InChI=1S/C16H24N2O3S/c1-22(20,21)15-8-6-14(7-9-15)16(19)17-10-13-18-11-4-2-3-5-12-18/h6-9H,2-5,10-13H2,1H3,(H,17,19). The summed E-state index contributed by atoms with van der Waals surface area (Å²) in [5, 5.41) is 2.89. The molecule has 1 N–H and O–H groups in total.